The number of carbonyl (C=O) groups excluding carboxylic acids is 1. The average Bonchev–Trinajstić information content (AvgIpc) is 2.35. The summed E-state index contributed by atoms with van der Waals surface area (Å²) >= 11 is 0. The van der Waals surface area contributed by atoms with Gasteiger partial charge in [0, 0.05) is 11.2 Å². The smallest absolute Gasteiger partial charge is 0.203 e. The quantitative estimate of drug-likeness (QED) is 0.505. The Morgan fingerprint density at radius 3 is 3.11 bits per heavy atom. The molecule has 1 saturated carbocycles. The van der Waals surface area contributed by atoms with Crippen molar-refractivity contribution in [3.05, 3.63) is 0 Å². The summed E-state index contributed by atoms with van der Waals surface area (Å²) in [5, 5.41) is 1.12. The van der Waals surface area contributed by atoms with Crippen LogP contribution >= 0.6 is 21.6 Å². The van der Waals surface area contributed by atoms with Gasteiger partial charge < -0.3 is 0 Å². The van der Waals surface area contributed by atoms with E-state index in [1.54, 1.807) is 10.8 Å². The van der Waals surface area contributed by atoms with E-state index in [-0.39, 0.29) is 0 Å². The van der Waals surface area contributed by atoms with Gasteiger partial charge in [0.1, 0.15) is 0 Å². The lowest BCUT2D eigenvalue weighted by molar-refractivity contribution is -0.113. The van der Waals surface area contributed by atoms with Gasteiger partial charge >= 0.3 is 0 Å². The molecule has 0 aromatic carbocycles. The molecule has 0 aromatic rings. The van der Waals surface area contributed by atoms with Gasteiger partial charge in [0.25, 0.3) is 0 Å². The van der Waals surface area contributed by atoms with Crippen LogP contribution in [0, 0.1) is 5.92 Å². The van der Waals surface area contributed by atoms with Crippen LogP contribution in [-0.2, 0) is 4.79 Å². The maximum atomic E-state index is 11.0. The minimum atomic E-state index is 0.431. The van der Waals surface area contributed by atoms with Crippen LogP contribution < -0.4 is 0 Å². The molecular formula is C6H8OS2. The van der Waals surface area contributed by atoms with Gasteiger partial charge in [-0.15, -0.1) is 0 Å². The molecule has 2 aliphatic rings. The summed E-state index contributed by atoms with van der Waals surface area (Å²) in [5.74, 6) is 0.431. The molecule has 0 radical (unpaired) electrons. The van der Waals surface area contributed by atoms with Gasteiger partial charge in [0.05, 0.1) is 0 Å². The zero-order valence-electron chi connectivity index (χ0n) is 5.00. The molecule has 1 aliphatic carbocycles. The van der Waals surface area contributed by atoms with Crippen LogP contribution in [0.25, 0.3) is 0 Å². The van der Waals surface area contributed by atoms with Crippen molar-refractivity contribution < 1.29 is 4.79 Å². The predicted molar refractivity (Wildman–Crippen MR) is 41.3 cm³/mol. The van der Waals surface area contributed by atoms with Crippen LogP contribution in [0.1, 0.15) is 19.3 Å². The number of fused-ring (bicyclic) bond motifs is 1. The highest BCUT2D eigenvalue weighted by molar-refractivity contribution is 8.83. The largest absolute Gasteiger partial charge is 0.286 e. The van der Waals surface area contributed by atoms with Crippen LogP contribution in [0.15, 0.2) is 0 Å². The molecule has 1 nitrogen and oxygen atoms in total. The molecule has 2 fully saturated rings. The molecule has 50 valence electrons. The Hall–Kier alpha value is 0.370. The summed E-state index contributed by atoms with van der Waals surface area (Å²) in [6.45, 7) is 0. The van der Waals surface area contributed by atoms with Gasteiger partial charge in [0.2, 0.25) is 5.12 Å². The molecule has 2 rings (SSSR count). The molecule has 2 atom stereocenters. The SMILES string of the molecule is O=C1SS[C@H]2CCC[C@H]12. The first-order valence-electron chi connectivity index (χ1n) is 3.25. The fourth-order valence-corrected chi connectivity index (χ4v) is 4.57. The predicted octanol–water partition coefficient (Wildman–Crippen LogP) is 2.08. The Kier molecular flexibility index (Phi) is 1.49. The fourth-order valence-electron chi connectivity index (χ4n) is 1.48. The first-order chi connectivity index (χ1) is 4.38. The first-order valence-corrected chi connectivity index (χ1v) is 5.46. The van der Waals surface area contributed by atoms with Crippen LogP contribution in [0.4, 0.5) is 0 Å². The van der Waals surface area contributed by atoms with E-state index in [9.17, 15) is 4.79 Å². The van der Waals surface area contributed by atoms with E-state index >= 15 is 0 Å². The number of carbonyl (C=O) groups is 1. The maximum absolute atomic E-state index is 11.0. The summed E-state index contributed by atoms with van der Waals surface area (Å²) in [7, 11) is 3.26. The van der Waals surface area contributed by atoms with Crippen LogP contribution in [-0.4, -0.2) is 10.4 Å². The van der Waals surface area contributed by atoms with Gasteiger partial charge in [-0.25, -0.2) is 0 Å². The molecule has 0 amide bonds. The zero-order chi connectivity index (χ0) is 6.27. The second-order valence-electron chi connectivity index (χ2n) is 2.57. The first kappa shape index (κ1) is 6.10. The molecule has 0 bridgehead atoms. The third-order valence-corrected chi connectivity index (χ3v) is 4.91. The molecule has 0 spiro atoms. The minimum Gasteiger partial charge on any atom is -0.286 e. The van der Waals surface area contributed by atoms with E-state index in [0.717, 1.165) is 6.42 Å². The maximum Gasteiger partial charge on any atom is 0.203 e. The number of hydrogen-bond acceptors (Lipinski definition) is 3. The zero-order valence-corrected chi connectivity index (χ0v) is 6.63. The van der Waals surface area contributed by atoms with Crippen molar-refractivity contribution in [3.63, 3.8) is 0 Å². The Morgan fingerprint density at radius 2 is 2.33 bits per heavy atom. The molecular weight excluding hydrogens is 152 g/mol. The van der Waals surface area contributed by atoms with Crippen molar-refractivity contribution >= 4 is 26.7 Å². The van der Waals surface area contributed by atoms with Gasteiger partial charge in [-0.1, -0.05) is 17.2 Å². The third kappa shape index (κ3) is 0.905. The average molecular weight is 160 g/mol. The molecule has 1 saturated heterocycles. The normalized spacial score (nSPS) is 41.6. The van der Waals surface area contributed by atoms with Crippen molar-refractivity contribution in [2.75, 3.05) is 0 Å². The lowest BCUT2D eigenvalue weighted by Crippen LogP contribution is -2.09. The molecule has 0 N–H and O–H groups in total. The summed E-state index contributed by atoms with van der Waals surface area (Å²) in [5.41, 5.74) is 0. The van der Waals surface area contributed by atoms with Crippen molar-refractivity contribution in [1.29, 1.82) is 0 Å². The second kappa shape index (κ2) is 2.20. The Balaban J connectivity index is 2.15. The van der Waals surface area contributed by atoms with Gasteiger partial charge in [-0.05, 0) is 23.6 Å². The lowest BCUT2D eigenvalue weighted by Gasteiger charge is -2.00. The van der Waals surface area contributed by atoms with Crippen LogP contribution in [0.2, 0.25) is 0 Å². The topological polar surface area (TPSA) is 17.1 Å². The van der Waals surface area contributed by atoms with E-state index in [1.165, 1.54) is 23.6 Å². The molecule has 0 aromatic heterocycles. The van der Waals surface area contributed by atoms with Gasteiger partial charge in [-0.3, -0.25) is 4.79 Å². The summed E-state index contributed by atoms with van der Waals surface area (Å²) in [6.07, 6.45) is 3.70. The molecule has 9 heavy (non-hydrogen) atoms. The Morgan fingerprint density at radius 1 is 1.44 bits per heavy atom. The van der Waals surface area contributed by atoms with E-state index in [2.05, 4.69) is 0 Å². The summed E-state index contributed by atoms with van der Waals surface area (Å²) < 4.78 is 0. The van der Waals surface area contributed by atoms with Gasteiger partial charge in [0.15, 0.2) is 0 Å². The molecule has 3 heteroatoms. The van der Waals surface area contributed by atoms with E-state index < -0.39 is 0 Å². The highest BCUT2D eigenvalue weighted by Crippen LogP contribution is 2.50. The second-order valence-corrected chi connectivity index (χ2v) is 5.02. The van der Waals surface area contributed by atoms with E-state index in [4.69, 9.17) is 0 Å². The van der Waals surface area contributed by atoms with Crippen molar-refractivity contribution in [1.82, 2.24) is 0 Å². The Labute approximate surface area is 62.4 Å². The monoisotopic (exact) mass is 160 g/mol. The number of hydrogen-bond donors (Lipinski definition) is 0. The third-order valence-electron chi connectivity index (χ3n) is 2.01. The lowest BCUT2D eigenvalue weighted by atomic mass is 10.1. The van der Waals surface area contributed by atoms with Gasteiger partial charge in [-0.2, -0.15) is 0 Å². The van der Waals surface area contributed by atoms with Crippen molar-refractivity contribution in [2.45, 2.75) is 24.5 Å². The number of rotatable bonds is 0. The molecule has 0 unspecified atom stereocenters. The summed E-state index contributed by atoms with van der Waals surface area (Å²) in [6, 6.07) is 0. The van der Waals surface area contributed by atoms with Crippen molar-refractivity contribution in [2.24, 2.45) is 5.92 Å². The minimum absolute atomic E-state index is 0.431. The van der Waals surface area contributed by atoms with Crippen LogP contribution in [0.3, 0.4) is 0 Å². The van der Waals surface area contributed by atoms with Crippen molar-refractivity contribution in [3.8, 4) is 0 Å². The molecule has 1 aliphatic heterocycles. The fraction of sp³-hybridized carbons (Fsp3) is 0.833. The highest BCUT2D eigenvalue weighted by Gasteiger charge is 2.39. The summed E-state index contributed by atoms with van der Waals surface area (Å²) in [4.78, 5) is 11.0. The Bertz CT molecular complexity index is 146. The highest BCUT2D eigenvalue weighted by atomic mass is 33.1. The van der Waals surface area contributed by atoms with Crippen LogP contribution in [0.5, 0.6) is 0 Å². The van der Waals surface area contributed by atoms with E-state index in [0.29, 0.717) is 16.3 Å². The van der Waals surface area contributed by atoms with E-state index in [1.807, 2.05) is 0 Å². The standard InChI is InChI=1S/C6H8OS2/c7-6-4-2-1-3-5(4)8-9-6/h4-5H,1-3H2/t4-,5-/m0/s1. The molecule has 1 heterocycles.